The van der Waals surface area contributed by atoms with Crippen LogP contribution < -0.4 is 4.74 Å². The predicted molar refractivity (Wildman–Crippen MR) is 143 cm³/mol. The average Bonchev–Trinajstić information content (AvgIpc) is 2.83. The third-order valence-electron chi connectivity index (χ3n) is 5.98. The molecule has 35 heavy (non-hydrogen) atoms. The molecule has 0 unspecified atom stereocenters. The lowest BCUT2D eigenvalue weighted by Gasteiger charge is -2.28. The number of alkyl halides is 1. The number of rotatable bonds is 13. The van der Waals surface area contributed by atoms with Gasteiger partial charge < -0.3 is 24.4 Å². The first kappa shape index (κ1) is 30.0. The first-order chi connectivity index (χ1) is 16.5. The van der Waals surface area contributed by atoms with Crippen LogP contribution in [-0.4, -0.2) is 79.3 Å². The maximum absolute atomic E-state index is 10.3. The van der Waals surface area contributed by atoms with Gasteiger partial charge in [0.1, 0.15) is 31.2 Å². The third-order valence-corrected chi connectivity index (χ3v) is 6.79. The van der Waals surface area contributed by atoms with Crippen molar-refractivity contribution >= 4 is 34.8 Å². The van der Waals surface area contributed by atoms with E-state index in [0.29, 0.717) is 25.5 Å². The van der Waals surface area contributed by atoms with Crippen molar-refractivity contribution in [1.82, 2.24) is 4.90 Å². The van der Waals surface area contributed by atoms with Crippen LogP contribution in [0, 0.1) is 0 Å². The summed E-state index contributed by atoms with van der Waals surface area (Å²) in [4.78, 5) is 2.17. The number of morpholine rings is 1. The van der Waals surface area contributed by atoms with Gasteiger partial charge in [0.15, 0.2) is 5.76 Å². The van der Waals surface area contributed by atoms with Gasteiger partial charge in [0.2, 0.25) is 0 Å². The lowest BCUT2D eigenvalue weighted by Crippen LogP contribution is -2.42. The Morgan fingerprint density at radius 3 is 2.34 bits per heavy atom. The summed E-state index contributed by atoms with van der Waals surface area (Å²) in [5.74, 6) is 0.929. The van der Waals surface area contributed by atoms with Gasteiger partial charge in [-0.25, -0.2) is 0 Å². The number of nitrogens with zero attached hydrogens (tertiary/aromatic N) is 1. The molecule has 1 aliphatic heterocycles. The van der Waals surface area contributed by atoms with Crippen LogP contribution in [0.3, 0.4) is 0 Å². The summed E-state index contributed by atoms with van der Waals surface area (Å²) in [6.07, 6.45) is 0.376. The van der Waals surface area contributed by atoms with E-state index in [-0.39, 0.29) is 40.3 Å². The van der Waals surface area contributed by atoms with Crippen LogP contribution in [0.15, 0.2) is 58.3 Å². The Balaban J connectivity index is 2.03. The molecule has 1 saturated heterocycles. The fraction of sp³-hybridized carbons (Fsp3) is 0.538. The Morgan fingerprint density at radius 1 is 1.14 bits per heavy atom. The van der Waals surface area contributed by atoms with Crippen LogP contribution in [0.4, 0.5) is 0 Å². The summed E-state index contributed by atoms with van der Waals surface area (Å²) >= 11 is 18.2. The van der Waals surface area contributed by atoms with E-state index in [1.165, 1.54) is 0 Å². The predicted octanol–water partition coefficient (Wildman–Crippen LogP) is 4.80. The van der Waals surface area contributed by atoms with Gasteiger partial charge in [0.05, 0.1) is 29.2 Å². The van der Waals surface area contributed by atoms with E-state index < -0.39 is 12.2 Å². The summed E-state index contributed by atoms with van der Waals surface area (Å²) in [6, 6.07) is 7.78. The van der Waals surface area contributed by atoms with E-state index in [1.807, 2.05) is 31.2 Å². The molecule has 1 aromatic rings. The van der Waals surface area contributed by atoms with Crippen LogP contribution in [0.25, 0.3) is 0 Å². The van der Waals surface area contributed by atoms with Crippen molar-refractivity contribution in [2.45, 2.75) is 38.4 Å². The smallest absolute Gasteiger partial charge is 0.155 e. The molecule has 1 heterocycles. The van der Waals surface area contributed by atoms with Crippen molar-refractivity contribution < 1.29 is 24.4 Å². The Labute approximate surface area is 223 Å². The Morgan fingerprint density at radius 2 is 1.77 bits per heavy atom. The van der Waals surface area contributed by atoms with E-state index in [2.05, 4.69) is 25.3 Å². The number of ether oxygens (including phenoxy) is 3. The molecular formula is C26H36Cl3NO5. The molecule has 0 spiro atoms. The molecular weight excluding hydrogens is 513 g/mol. The Bertz CT molecular complexity index is 879. The zero-order valence-corrected chi connectivity index (χ0v) is 22.9. The van der Waals surface area contributed by atoms with Crippen molar-refractivity contribution in [3.8, 4) is 5.75 Å². The third kappa shape index (κ3) is 9.62. The largest absolute Gasteiger partial charge is 0.491 e. The number of hydrogen-bond acceptors (Lipinski definition) is 6. The maximum Gasteiger partial charge on any atom is 0.155 e. The average molecular weight is 549 g/mol. The minimum Gasteiger partial charge on any atom is -0.491 e. The maximum atomic E-state index is 10.3. The molecule has 0 radical (unpaired) electrons. The van der Waals surface area contributed by atoms with E-state index in [4.69, 9.17) is 49.0 Å². The molecule has 2 atom stereocenters. The molecule has 1 fully saturated rings. The molecule has 1 aromatic carbocycles. The van der Waals surface area contributed by atoms with Crippen LogP contribution in [-0.2, 0) is 14.9 Å². The van der Waals surface area contributed by atoms with E-state index >= 15 is 0 Å². The molecule has 2 N–H and O–H groups in total. The second-order valence-electron chi connectivity index (χ2n) is 9.06. The monoisotopic (exact) mass is 547 g/mol. The number of aliphatic hydroxyl groups excluding tert-OH is 2. The number of hydrogen-bond donors (Lipinski definition) is 2. The minimum absolute atomic E-state index is 0.0358. The topological polar surface area (TPSA) is 71.4 Å². The first-order valence-corrected chi connectivity index (χ1v) is 12.8. The number of benzene rings is 1. The standard InChI is InChI=1S/C26H36Cl3NO5/c1-18(13-24(29)25(19(2)28)35-16-21(31)14-27)26(3,4)20-5-7-23(8-6-20)34-17-22(32)15-30-9-11-33-12-10-30/h5-8,13,21-22,31-32H,2,9-12,14-17H2,1,3-4H3/b18-13+,25-24-/t21-,22+/m0/s1. The normalized spacial score (nSPS) is 18.0. The Hall–Kier alpha value is -1.25. The molecule has 0 aromatic heterocycles. The molecule has 1 aliphatic rings. The lowest BCUT2D eigenvalue weighted by molar-refractivity contribution is 0.00465. The summed E-state index contributed by atoms with van der Waals surface area (Å²) < 4.78 is 16.7. The van der Waals surface area contributed by atoms with Crippen LogP contribution in [0.1, 0.15) is 26.3 Å². The van der Waals surface area contributed by atoms with E-state index in [1.54, 1.807) is 6.08 Å². The SMILES string of the molecule is C=C(Cl)/C(OC[C@@H](O)CCl)=C(Cl)\C=C(/C)C(C)(C)c1ccc(OC[C@H](O)CN2CCOCC2)cc1. The molecule has 9 heteroatoms. The highest BCUT2D eigenvalue weighted by atomic mass is 35.5. The van der Waals surface area contributed by atoms with Crippen LogP contribution >= 0.6 is 34.8 Å². The highest BCUT2D eigenvalue weighted by Gasteiger charge is 2.24. The molecule has 2 rings (SSSR count). The van der Waals surface area contributed by atoms with Crippen LogP contribution in [0.2, 0.25) is 0 Å². The van der Waals surface area contributed by atoms with E-state index in [9.17, 15) is 10.2 Å². The second-order valence-corrected chi connectivity index (χ2v) is 10.2. The number of aliphatic hydroxyl groups is 2. The molecule has 6 nitrogen and oxygen atoms in total. The van der Waals surface area contributed by atoms with Gasteiger partial charge in [-0.1, -0.05) is 61.3 Å². The van der Waals surface area contributed by atoms with Gasteiger partial charge in [-0.15, -0.1) is 11.6 Å². The lowest BCUT2D eigenvalue weighted by atomic mass is 9.78. The van der Waals surface area contributed by atoms with Crippen molar-refractivity contribution in [2.75, 3.05) is 51.9 Å². The summed E-state index contributed by atoms with van der Waals surface area (Å²) in [5, 5.41) is 20.4. The highest BCUT2D eigenvalue weighted by molar-refractivity contribution is 6.36. The molecule has 196 valence electrons. The zero-order chi connectivity index (χ0) is 26.0. The van der Waals surface area contributed by atoms with Crippen LogP contribution in [0.5, 0.6) is 5.75 Å². The Kier molecular flexibility index (Phi) is 12.4. The van der Waals surface area contributed by atoms with Crippen molar-refractivity contribution in [3.05, 3.63) is 63.9 Å². The van der Waals surface area contributed by atoms with Gasteiger partial charge >= 0.3 is 0 Å². The van der Waals surface area contributed by atoms with Gasteiger partial charge in [0, 0.05) is 25.0 Å². The van der Waals surface area contributed by atoms with Crippen molar-refractivity contribution in [2.24, 2.45) is 0 Å². The molecule has 0 amide bonds. The number of halogens is 3. The first-order valence-electron chi connectivity index (χ1n) is 11.6. The van der Waals surface area contributed by atoms with Gasteiger partial charge in [-0.3, -0.25) is 4.90 Å². The fourth-order valence-electron chi connectivity index (χ4n) is 3.46. The second kappa shape index (κ2) is 14.5. The molecule has 0 saturated carbocycles. The van der Waals surface area contributed by atoms with Gasteiger partial charge in [0.25, 0.3) is 0 Å². The number of allylic oxidation sites excluding steroid dienone is 4. The number of β-amino-alcohol motifs (C(OH)–C–C–N with tert-alkyl or cyclic N) is 1. The van der Waals surface area contributed by atoms with Gasteiger partial charge in [-0.2, -0.15) is 0 Å². The molecule has 0 bridgehead atoms. The summed E-state index contributed by atoms with van der Waals surface area (Å²) in [5.41, 5.74) is 1.67. The summed E-state index contributed by atoms with van der Waals surface area (Å²) in [7, 11) is 0. The quantitative estimate of drug-likeness (QED) is 0.210. The zero-order valence-electron chi connectivity index (χ0n) is 20.6. The highest BCUT2D eigenvalue weighted by Crippen LogP contribution is 2.34. The summed E-state index contributed by atoms with van der Waals surface area (Å²) in [6.45, 7) is 13.6. The fourth-order valence-corrected chi connectivity index (χ4v) is 4.09. The van der Waals surface area contributed by atoms with Gasteiger partial charge in [-0.05, 0) is 30.7 Å². The molecule has 0 aliphatic carbocycles. The van der Waals surface area contributed by atoms with Crippen molar-refractivity contribution in [3.63, 3.8) is 0 Å². The van der Waals surface area contributed by atoms with E-state index in [0.717, 1.165) is 24.2 Å². The minimum atomic E-state index is -0.838. The van der Waals surface area contributed by atoms with Crippen molar-refractivity contribution in [1.29, 1.82) is 0 Å².